The Kier molecular flexibility index (Phi) is 9.52. The number of hydrazone groups is 1. The van der Waals surface area contributed by atoms with E-state index in [-0.39, 0.29) is 17.4 Å². The Morgan fingerprint density at radius 3 is 2.40 bits per heavy atom. The summed E-state index contributed by atoms with van der Waals surface area (Å²) in [5.74, 6) is -0.169. The van der Waals surface area contributed by atoms with Crippen molar-refractivity contribution in [3.8, 4) is 5.75 Å². The number of morpholine rings is 1. The number of anilines is 1. The molecule has 3 aromatic carbocycles. The van der Waals surface area contributed by atoms with Gasteiger partial charge >= 0.3 is 0 Å². The maximum atomic E-state index is 13.5. The highest BCUT2D eigenvalue weighted by atomic mass is 32.2. The van der Waals surface area contributed by atoms with Gasteiger partial charge in [0.15, 0.2) is 6.61 Å². The molecule has 10 nitrogen and oxygen atoms in total. The molecule has 210 valence electrons. The average Bonchev–Trinajstić information content (AvgIpc) is 2.98. The van der Waals surface area contributed by atoms with Gasteiger partial charge in [0.25, 0.3) is 21.8 Å². The van der Waals surface area contributed by atoms with Gasteiger partial charge in [-0.2, -0.15) is 5.10 Å². The third-order valence-electron chi connectivity index (χ3n) is 6.47. The van der Waals surface area contributed by atoms with Crippen LogP contribution in [0.4, 0.5) is 5.69 Å². The van der Waals surface area contributed by atoms with Gasteiger partial charge in [-0.25, -0.2) is 13.8 Å². The van der Waals surface area contributed by atoms with E-state index in [1.807, 2.05) is 19.9 Å². The van der Waals surface area contributed by atoms with Crippen molar-refractivity contribution >= 4 is 33.7 Å². The van der Waals surface area contributed by atoms with Crippen LogP contribution in [0, 0.1) is 13.8 Å². The van der Waals surface area contributed by atoms with Gasteiger partial charge < -0.3 is 14.4 Å². The molecule has 40 heavy (non-hydrogen) atoms. The van der Waals surface area contributed by atoms with Gasteiger partial charge in [-0.3, -0.25) is 13.9 Å². The number of rotatable bonds is 10. The van der Waals surface area contributed by atoms with Gasteiger partial charge in [0.05, 0.1) is 30.0 Å². The molecule has 1 aliphatic heterocycles. The number of nitrogens with zero attached hydrogens (tertiary/aromatic N) is 3. The van der Waals surface area contributed by atoms with Crippen LogP contribution in [0.3, 0.4) is 0 Å². The number of nitrogens with one attached hydrogen (secondary N) is 1. The highest BCUT2D eigenvalue weighted by Crippen LogP contribution is 2.28. The summed E-state index contributed by atoms with van der Waals surface area (Å²) in [6.45, 7) is 5.36. The van der Waals surface area contributed by atoms with Crippen LogP contribution in [0.15, 0.2) is 82.8 Å². The van der Waals surface area contributed by atoms with Gasteiger partial charge in [0, 0.05) is 13.1 Å². The Morgan fingerprint density at radius 2 is 1.70 bits per heavy atom. The molecule has 1 saturated heterocycles. The first-order valence-corrected chi connectivity index (χ1v) is 14.2. The number of benzene rings is 3. The molecular formula is C29H32N4O6S. The zero-order chi connectivity index (χ0) is 28.5. The second kappa shape index (κ2) is 13.2. The molecule has 4 rings (SSSR count). The van der Waals surface area contributed by atoms with E-state index in [0.717, 1.165) is 15.4 Å². The van der Waals surface area contributed by atoms with Crippen LogP contribution in [0.5, 0.6) is 5.75 Å². The zero-order valence-electron chi connectivity index (χ0n) is 22.4. The molecule has 11 heteroatoms. The first kappa shape index (κ1) is 28.8. The Bertz CT molecular complexity index is 1450. The van der Waals surface area contributed by atoms with E-state index < -0.39 is 22.5 Å². The lowest BCUT2D eigenvalue weighted by molar-refractivity contribution is -0.137. The quantitative estimate of drug-likeness (QED) is 0.299. The number of hydrogen-bond donors (Lipinski definition) is 1. The van der Waals surface area contributed by atoms with E-state index in [9.17, 15) is 18.0 Å². The summed E-state index contributed by atoms with van der Waals surface area (Å²) in [4.78, 5) is 26.9. The van der Waals surface area contributed by atoms with Gasteiger partial charge in [-0.05, 0) is 73.0 Å². The van der Waals surface area contributed by atoms with Crippen molar-refractivity contribution in [3.63, 3.8) is 0 Å². The summed E-state index contributed by atoms with van der Waals surface area (Å²) < 4.78 is 39.0. The third kappa shape index (κ3) is 7.25. The molecule has 2 amide bonds. The Morgan fingerprint density at radius 1 is 1.00 bits per heavy atom. The third-order valence-corrected chi connectivity index (χ3v) is 8.25. The minimum Gasteiger partial charge on any atom is -0.484 e. The predicted octanol–water partition coefficient (Wildman–Crippen LogP) is 2.89. The van der Waals surface area contributed by atoms with Crippen molar-refractivity contribution in [1.82, 2.24) is 10.3 Å². The molecule has 1 aliphatic rings. The molecule has 0 unspecified atom stereocenters. The number of carbonyl (C=O) groups excluding carboxylic acids is 2. The van der Waals surface area contributed by atoms with Crippen LogP contribution < -0.4 is 14.5 Å². The first-order chi connectivity index (χ1) is 19.3. The van der Waals surface area contributed by atoms with Gasteiger partial charge in [-0.15, -0.1) is 0 Å². The van der Waals surface area contributed by atoms with E-state index in [0.29, 0.717) is 43.3 Å². The average molecular weight is 565 g/mol. The Balaban J connectivity index is 1.38. The summed E-state index contributed by atoms with van der Waals surface area (Å²) in [6, 6.07) is 20.2. The van der Waals surface area contributed by atoms with Crippen molar-refractivity contribution in [2.75, 3.05) is 43.8 Å². The maximum Gasteiger partial charge on any atom is 0.264 e. The number of hydrogen-bond acceptors (Lipinski definition) is 7. The number of carbonyl (C=O) groups is 2. The molecule has 0 atom stereocenters. The molecule has 1 fully saturated rings. The van der Waals surface area contributed by atoms with Gasteiger partial charge in [0.2, 0.25) is 0 Å². The monoisotopic (exact) mass is 564 g/mol. The minimum absolute atomic E-state index is 0.0632. The Labute approximate surface area is 234 Å². The zero-order valence-corrected chi connectivity index (χ0v) is 23.3. The molecule has 0 aromatic heterocycles. The van der Waals surface area contributed by atoms with E-state index in [1.54, 1.807) is 59.5 Å². The highest BCUT2D eigenvalue weighted by Gasteiger charge is 2.28. The van der Waals surface area contributed by atoms with Crippen molar-refractivity contribution in [2.45, 2.75) is 18.7 Å². The number of ether oxygens (including phenoxy) is 2. The van der Waals surface area contributed by atoms with Crippen molar-refractivity contribution in [3.05, 3.63) is 89.5 Å². The van der Waals surface area contributed by atoms with Crippen LogP contribution in [0.1, 0.15) is 16.7 Å². The normalized spacial score (nSPS) is 13.7. The molecule has 0 radical (unpaired) electrons. The van der Waals surface area contributed by atoms with Crippen LogP contribution in [-0.4, -0.2) is 70.8 Å². The number of sulfonamides is 1. The summed E-state index contributed by atoms with van der Waals surface area (Å²) in [6.07, 6.45) is 1.44. The number of amides is 2. The molecule has 0 spiro atoms. The fourth-order valence-electron chi connectivity index (χ4n) is 4.07. The molecular weight excluding hydrogens is 532 g/mol. The molecule has 0 saturated carbocycles. The van der Waals surface area contributed by atoms with Crippen LogP contribution in [-0.2, 0) is 24.3 Å². The largest absolute Gasteiger partial charge is 0.484 e. The lowest BCUT2D eigenvalue weighted by atomic mass is 10.1. The van der Waals surface area contributed by atoms with Gasteiger partial charge in [-0.1, -0.05) is 30.3 Å². The smallest absolute Gasteiger partial charge is 0.264 e. The molecule has 0 bridgehead atoms. The second-order valence-electron chi connectivity index (χ2n) is 9.19. The predicted molar refractivity (Wildman–Crippen MR) is 152 cm³/mol. The summed E-state index contributed by atoms with van der Waals surface area (Å²) in [5.41, 5.74) is 5.17. The first-order valence-electron chi connectivity index (χ1n) is 12.8. The van der Waals surface area contributed by atoms with Crippen molar-refractivity contribution < 1.29 is 27.5 Å². The van der Waals surface area contributed by atoms with Gasteiger partial charge in [0.1, 0.15) is 12.3 Å². The van der Waals surface area contributed by atoms with E-state index in [2.05, 4.69) is 10.5 Å². The summed E-state index contributed by atoms with van der Waals surface area (Å²) in [5, 5.41) is 3.99. The fourth-order valence-corrected chi connectivity index (χ4v) is 5.57. The lowest BCUT2D eigenvalue weighted by Gasteiger charge is -2.26. The Hall–Kier alpha value is -4.22. The van der Waals surface area contributed by atoms with Crippen molar-refractivity contribution in [2.24, 2.45) is 5.10 Å². The molecule has 1 heterocycles. The number of aryl methyl sites for hydroxylation is 1. The summed E-state index contributed by atoms with van der Waals surface area (Å²) in [7, 11) is -4.02. The fraction of sp³-hybridized carbons (Fsp3) is 0.276. The topological polar surface area (TPSA) is 118 Å². The summed E-state index contributed by atoms with van der Waals surface area (Å²) >= 11 is 0. The SMILES string of the molecule is Cc1cccc(N(CC(=O)N/N=C\c2ccc(OCC(=O)N3CCOCC3)cc2)S(=O)(=O)c2ccccc2)c1C. The van der Waals surface area contributed by atoms with Crippen LogP contribution in [0.25, 0.3) is 0 Å². The van der Waals surface area contributed by atoms with E-state index in [1.165, 1.54) is 18.3 Å². The molecule has 1 N–H and O–H groups in total. The lowest BCUT2D eigenvalue weighted by Crippen LogP contribution is -2.42. The molecule has 0 aliphatic carbocycles. The van der Waals surface area contributed by atoms with Crippen molar-refractivity contribution in [1.29, 1.82) is 0 Å². The maximum absolute atomic E-state index is 13.5. The minimum atomic E-state index is -4.02. The standard InChI is InChI=1S/C29H32N4O6S/c1-22-7-6-10-27(23(22)2)33(40(36,37)26-8-4-3-5-9-26)20-28(34)31-30-19-24-11-13-25(14-12-24)39-21-29(35)32-15-17-38-18-16-32/h3-14,19H,15-18,20-21H2,1-2H3,(H,31,34)/b30-19-. The van der Waals surface area contributed by atoms with E-state index in [4.69, 9.17) is 9.47 Å². The van der Waals surface area contributed by atoms with Crippen LogP contribution in [0.2, 0.25) is 0 Å². The van der Waals surface area contributed by atoms with E-state index >= 15 is 0 Å². The second-order valence-corrected chi connectivity index (χ2v) is 11.1. The molecule has 3 aromatic rings. The van der Waals surface area contributed by atoms with Crippen LogP contribution >= 0.6 is 0 Å². The highest BCUT2D eigenvalue weighted by molar-refractivity contribution is 7.92.